The zero-order valence-corrected chi connectivity index (χ0v) is 22.4. The molecule has 2 aromatic heterocycles. The number of nitrogens with one attached hydrogen (secondary N) is 2. The van der Waals surface area contributed by atoms with E-state index in [1.165, 1.54) is 13.2 Å². The number of aromatic nitrogens is 3. The van der Waals surface area contributed by atoms with Crippen molar-refractivity contribution in [3.63, 3.8) is 0 Å². The SMILES string of the molecule is COCCS(=O)(=O)C(C(=O)NCC(=O)NC1CC1)c1nc2cc(F)c(-c3ccc4cnn(C)c4c3)cc2s1. The Morgan fingerprint density at radius 1 is 1.26 bits per heavy atom. The summed E-state index contributed by atoms with van der Waals surface area (Å²) in [5.74, 6) is -2.21. The van der Waals surface area contributed by atoms with Crippen LogP contribution in [-0.4, -0.2) is 67.1 Å². The maximum absolute atomic E-state index is 15.2. The average Bonchev–Trinajstić information content (AvgIpc) is 3.49. The highest BCUT2D eigenvalue weighted by atomic mass is 32.2. The molecule has 1 fully saturated rings. The standard InChI is InChI=1S/C25H26FN5O5S2/c1-31-20-9-14(3-4-15(20)12-28-31)17-10-21-19(11-18(17)26)30-25(37-21)23(38(34,35)8-7-36-2)24(33)27-13-22(32)29-16-5-6-16/h3-4,9-12,16,23H,5-8,13H2,1-2H3,(H,27,33)(H,29,32). The van der Waals surface area contributed by atoms with Gasteiger partial charge in [-0.3, -0.25) is 14.3 Å². The van der Waals surface area contributed by atoms with Crippen molar-refractivity contribution in [2.75, 3.05) is 26.0 Å². The van der Waals surface area contributed by atoms with Gasteiger partial charge in [-0.25, -0.2) is 17.8 Å². The first-order valence-electron chi connectivity index (χ1n) is 12.0. The Bertz CT molecular complexity index is 1640. The molecule has 1 aliphatic rings. The number of halogens is 1. The highest BCUT2D eigenvalue weighted by molar-refractivity contribution is 7.92. The number of aryl methyl sites for hydroxylation is 1. The first kappa shape index (κ1) is 26.2. The van der Waals surface area contributed by atoms with E-state index in [2.05, 4.69) is 20.7 Å². The molecule has 2 heterocycles. The molecule has 38 heavy (non-hydrogen) atoms. The summed E-state index contributed by atoms with van der Waals surface area (Å²) >= 11 is 0.998. The van der Waals surface area contributed by atoms with Crippen molar-refractivity contribution >= 4 is 54.1 Å². The van der Waals surface area contributed by atoms with Crippen LogP contribution >= 0.6 is 11.3 Å². The number of sulfone groups is 1. The Morgan fingerprint density at radius 3 is 2.79 bits per heavy atom. The third kappa shape index (κ3) is 5.40. The molecule has 2 amide bonds. The maximum Gasteiger partial charge on any atom is 0.245 e. The van der Waals surface area contributed by atoms with Crippen LogP contribution in [0.1, 0.15) is 23.1 Å². The van der Waals surface area contributed by atoms with Crippen LogP contribution < -0.4 is 10.6 Å². The van der Waals surface area contributed by atoms with E-state index >= 15 is 4.39 Å². The molecule has 200 valence electrons. The van der Waals surface area contributed by atoms with Crippen molar-refractivity contribution in [3.8, 4) is 11.1 Å². The van der Waals surface area contributed by atoms with Crippen molar-refractivity contribution in [1.82, 2.24) is 25.4 Å². The van der Waals surface area contributed by atoms with Crippen molar-refractivity contribution in [1.29, 1.82) is 0 Å². The fourth-order valence-electron chi connectivity index (χ4n) is 4.12. The molecule has 0 aliphatic heterocycles. The minimum absolute atomic E-state index is 0.00478. The summed E-state index contributed by atoms with van der Waals surface area (Å²) in [4.78, 5) is 29.5. The van der Waals surface area contributed by atoms with Crippen LogP contribution in [0.5, 0.6) is 0 Å². The lowest BCUT2D eigenvalue weighted by atomic mass is 10.0. The van der Waals surface area contributed by atoms with Crippen LogP contribution in [0.3, 0.4) is 0 Å². The molecule has 0 saturated heterocycles. The van der Waals surface area contributed by atoms with Gasteiger partial charge in [-0.05, 0) is 30.5 Å². The predicted molar refractivity (Wildman–Crippen MR) is 142 cm³/mol. The van der Waals surface area contributed by atoms with Gasteiger partial charge in [-0.2, -0.15) is 5.10 Å². The lowest BCUT2D eigenvalue weighted by Crippen LogP contribution is -2.41. The van der Waals surface area contributed by atoms with Gasteiger partial charge in [0.25, 0.3) is 0 Å². The highest BCUT2D eigenvalue weighted by Crippen LogP contribution is 2.36. The summed E-state index contributed by atoms with van der Waals surface area (Å²) in [7, 11) is -0.906. The number of fused-ring (bicyclic) bond motifs is 2. The smallest absolute Gasteiger partial charge is 0.245 e. The number of methoxy groups -OCH3 is 1. The Hall–Kier alpha value is -3.42. The van der Waals surface area contributed by atoms with E-state index < -0.39 is 38.5 Å². The average molecular weight is 560 g/mol. The van der Waals surface area contributed by atoms with Crippen LogP contribution in [0, 0.1) is 5.82 Å². The molecular formula is C25H26FN5O5S2. The number of nitrogens with zero attached hydrogens (tertiary/aromatic N) is 3. The van der Waals surface area contributed by atoms with Crippen LogP contribution in [0.15, 0.2) is 36.5 Å². The number of benzene rings is 2. The van der Waals surface area contributed by atoms with Crippen LogP contribution in [0.4, 0.5) is 4.39 Å². The van der Waals surface area contributed by atoms with Crippen LogP contribution in [-0.2, 0) is 31.2 Å². The second-order valence-corrected chi connectivity index (χ2v) is 12.5. The molecule has 5 rings (SSSR count). The highest BCUT2D eigenvalue weighted by Gasteiger charge is 2.37. The summed E-state index contributed by atoms with van der Waals surface area (Å²) in [5, 5.41) is 8.62. The zero-order valence-electron chi connectivity index (χ0n) is 20.7. The molecule has 13 heteroatoms. The normalized spacial score (nSPS) is 14.6. The molecular weight excluding hydrogens is 533 g/mol. The third-order valence-electron chi connectivity index (χ3n) is 6.31. The molecule has 1 atom stereocenters. The Kier molecular flexibility index (Phi) is 7.16. The van der Waals surface area contributed by atoms with Gasteiger partial charge in [0.1, 0.15) is 10.8 Å². The number of ether oxygens (including phenoxy) is 1. The minimum Gasteiger partial charge on any atom is -0.384 e. The van der Waals surface area contributed by atoms with Gasteiger partial charge in [-0.1, -0.05) is 12.1 Å². The Balaban J connectivity index is 1.49. The maximum atomic E-state index is 15.2. The number of carbonyl (C=O) groups is 2. The van der Waals surface area contributed by atoms with Crippen LogP contribution in [0.25, 0.3) is 32.2 Å². The topological polar surface area (TPSA) is 132 Å². The number of thiazole rings is 1. The monoisotopic (exact) mass is 559 g/mol. The summed E-state index contributed by atoms with van der Waals surface area (Å²) < 4.78 is 48.7. The largest absolute Gasteiger partial charge is 0.384 e. The van der Waals surface area contributed by atoms with Gasteiger partial charge in [0.2, 0.25) is 11.8 Å². The molecule has 4 aromatic rings. The number of hydrogen-bond donors (Lipinski definition) is 2. The lowest BCUT2D eigenvalue weighted by Gasteiger charge is -2.15. The van der Waals surface area contributed by atoms with Crippen molar-refractivity contribution in [2.45, 2.75) is 24.1 Å². The Labute approximate surface area is 222 Å². The van der Waals surface area contributed by atoms with Gasteiger partial charge in [0.15, 0.2) is 15.1 Å². The molecule has 1 unspecified atom stereocenters. The third-order valence-corrected chi connectivity index (χ3v) is 9.44. The molecule has 10 nitrogen and oxygen atoms in total. The quantitative estimate of drug-likeness (QED) is 0.305. The van der Waals surface area contributed by atoms with Gasteiger partial charge < -0.3 is 15.4 Å². The van der Waals surface area contributed by atoms with Crippen molar-refractivity contribution in [3.05, 3.63) is 47.4 Å². The molecule has 2 N–H and O–H groups in total. The van der Waals surface area contributed by atoms with E-state index in [4.69, 9.17) is 4.74 Å². The summed E-state index contributed by atoms with van der Waals surface area (Å²) in [6, 6.07) is 8.40. The van der Waals surface area contributed by atoms with Gasteiger partial charge >= 0.3 is 0 Å². The molecule has 0 spiro atoms. The summed E-state index contributed by atoms with van der Waals surface area (Å²) in [5.41, 5.74) is 2.01. The molecule has 2 aromatic carbocycles. The van der Waals surface area contributed by atoms with E-state index in [-0.39, 0.29) is 29.7 Å². The van der Waals surface area contributed by atoms with Crippen LogP contribution in [0.2, 0.25) is 0 Å². The number of rotatable bonds is 10. The second-order valence-electron chi connectivity index (χ2n) is 9.19. The summed E-state index contributed by atoms with van der Waals surface area (Å²) in [6.07, 6.45) is 3.49. The van der Waals surface area contributed by atoms with E-state index in [1.54, 1.807) is 30.1 Å². The number of hydrogen-bond acceptors (Lipinski definition) is 8. The first-order chi connectivity index (χ1) is 18.2. The van der Waals surface area contributed by atoms with E-state index in [1.807, 2.05) is 12.1 Å². The lowest BCUT2D eigenvalue weighted by molar-refractivity contribution is -0.126. The van der Waals surface area contributed by atoms with Gasteiger partial charge in [0.05, 0.1) is 40.8 Å². The molecule has 0 radical (unpaired) electrons. The zero-order chi connectivity index (χ0) is 27.0. The fraction of sp³-hybridized carbons (Fsp3) is 0.360. The fourth-order valence-corrected chi connectivity index (χ4v) is 7.08. The van der Waals surface area contributed by atoms with E-state index in [0.29, 0.717) is 15.8 Å². The minimum atomic E-state index is -4.06. The number of carbonyl (C=O) groups excluding carboxylic acids is 2. The van der Waals surface area contributed by atoms with Gasteiger partial charge in [-0.15, -0.1) is 11.3 Å². The summed E-state index contributed by atoms with van der Waals surface area (Å²) in [6.45, 7) is -0.472. The van der Waals surface area contributed by atoms with E-state index in [9.17, 15) is 18.0 Å². The molecule has 0 bridgehead atoms. The molecule has 1 aliphatic carbocycles. The Morgan fingerprint density at radius 2 is 2.05 bits per heavy atom. The van der Waals surface area contributed by atoms with Gasteiger partial charge in [0, 0.05) is 37.2 Å². The van der Waals surface area contributed by atoms with Crippen molar-refractivity contribution in [2.24, 2.45) is 7.05 Å². The first-order valence-corrected chi connectivity index (χ1v) is 14.5. The number of amides is 2. The van der Waals surface area contributed by atoms with Crippen molar-refractivity contribution < 1.29 is 27.1 Å². The van der Waals surface area contributed by atoms with E-state index in [0.717, 1.165) is 35.1 Å². The second kappa shape index (κ2) is 10.4. The predicted octanol–water partition coefficient (Wildman–Crippen LogP) is 2.49. The molecule has 1 saturated carbocycles.